The van der Waals surface area contributed by atoms with Crippen molar-refractivity contribution in [1.82, 2.24) is 5.32 Å². The highest BCUT2D eigenvalue weighted by atomic mass is 16.1. The van der Waals surface area contributed by atoms with E-state index in [9.17, 15) is 4.79 Å². The summed E-state index contributed by atoms with van der Waals surface area (Å²) in [6, 6.07) is 7.30. The molecule has 0 fully saturated rings. The van der Waals surface area contributed by atoms with Crippen molar-refractivity contribution in [2.24, 2.45) is 5.73 Å². The van der Waals surface area contributed by atoms with Crippen molar-refractivity contribution in [3.8, 4) is 0 Å². The topological polar surface area (TPSA) is 55.1 Å². The minimum absolute atomic E-state index is 0.394. The van der Waals surface area contributed by atoms with Gasteiger partial charge in [0.2, 0.25) is 5.91 Å². The first kappa shape index (κ1) is 10.5. The number of hydrogen-bond acceptors (Lipinski definition) is 2. The second-order valence-corrected chi connectivity index (χ2v) is 3.91. The number of nitrogens with two attached hydrogens (primary N) is 1. The Balaban J connectivity index is 2.29. The van der Waals surface area contributed by atoms with E-state index in [1.54, 1.807) is 12.1 Å². The van der Waals surface area contributed by atoms with E-state index in [2.05, 4.69) is 18.3 Å². The minimum atomic E-state index is -0.394. The van der Waals surface area contributed by atoms with Gasteiger partial charge in [-0.1, -0.05) is 23.8 Å². The molecular weight excluding hydrogens is 200 g/mol. The molecule has 0 spiro atoms. The molecule has 3 nitrogen and oxygen atoms in total. The standard InChI is InChI=1S/C13H14N2O/c1-9-6-12(8-15-7-9)10-2-4-11(5-3-10)13(14)16/h2-6,8,15H,7H2,1H3,(H2,14,16). The van der Waals surface area contributed by atoms with E-state index >= 15 is 0 Å². The molecule has 3 heteroatoms. The highest BCUT2D eigenvalue weighted by Gasteiger charge is 2.05. The van der Waals surface area contributed by atoms with Crippen LogP contribution in [0.5, 0.6) is 0 Å². The summed E-state index contributed by atoms with van der Waals surface area (Å²) >= 11 is 0. The Morgan fingerprint density at radius 3 is 2.56 bits per heavy atom. The molecule has 82 valence electrons. The monoisotopic (exact) mass is 214 g/mol. The summed E-state index contributed by atoms with van der Waals surface area (Å²) in [5.74, 6) is -0.394. The van der Waals surface area contributed by atoms with E-state index in [4.69, 9.17) is 5.73 Å². The summed E-state index contributed by atoms with van der Waals surface area (Å²) in [7, 11) is 0. The van der Waals surface area contributed by atoms with Gasteiger partial charge in [-0.25, -0.2) is 0 Å². The summed E-state index contributed by atoms with van der Waals surface area (Å²) in [5.41, 5.74) is 9.22. The maximum absolute atomic E-state index is 10.9. The molecule has 0 aromatic heterocycles. The third-order valence-electron chi connectivity index (χ3n) is 2.54. The van der Waals surface area contributed by atoms with E-state index in [0.717, 1.165) is 17.7 Å². The maximum atomic E-state index is 10.9. The number of primary amides is 1. The molecule has 0 unspecified atom stereocenters. The quantitative estimate of drug-likeness (QED) is 0.787. The van der Waals surface area contributed by atoms with Gasteiger partial charge in [-0.2, -0.15) is 0 Å². The summed E-state index contributed by atoms with van der Waals surface area (Å²) in [6.45, 7) is 2.97. The fourth-order valence-corrected chi connectivity index (χ4v) is 1.67. The third kappa shape index (κ3) is 2.14. The van der Waals surface area contributed by atoms with Gasteiger partial charge in [0.15, 0.2) is 0 Å². The van der Waals surface area contributed by atoms with Gasteiger partial charge in [-0.3, -0.25) is 4.79 Å². The van der Waals surface area contributed by atoms with E-state index < -0.39 is 5.91 Å². The Bertz CT molecular complexity index is 469. The molecule has 1 amide bonds. The Morgan fingerprint density at radius 1 is 1.31 bits per heavy atom. The van der Waals surface area contributed by atoms with Crippen LogP contribution in [0.1, 0.15) is 22.8 Å². The molecule has 2 rings (SSSR count). The van der Waals surface area contributed by atoms with E-state index in [0.29, 0.717) is 5.56 Å². The zero-order valence-electron chi connectivity index (χ0n) is 9.16. The summed E-state index contributed by atoms with van der Waals surface area (Å²) < 4.78 is 0. The van der Waals surface area contributed by atoms with Crippen LogP contribution < -0.4 is 11.1 Å². The van der Waals surface area contributed by atoms with Gasteiger partial charge in [-0.15, -0.1) is 0 Å². The molecule has 16 heavy (non-hydrogen) atoms. The number of rotatable bonds is 2. The van der Waals surface area contributed by atoms with Crippen molar-refractivity contribution < 1.29 is 4.79 Å². The van der Waals surface area contributed by atoms with Gasteiger partial charge in [0.1, 0.15) is 0 Å². The molecule has 1 heterocycles. The zero-order chi connectivity index (χ0) is 11.5. The SMILES string of the molecule is CC1=CC(c2ccc(C(N)=O)cc2)=CNC1. The average molecular weight is 214 g/mol. The lowest BCUT2D eigenvalue weighted by atomic mass is 10.0. The fourth-order valence-electron chi connectivity index (χ4n) is 1.67. The van der Waals surface area contributed by atoms with Crippen LogP contribution >= 0.6 is 0 Å². The second kappa shape index (κ2) is 4.23. The van der Waals surface area contributed by atoms with Crippen LogP contribution in [0.4, 0.5) is 0 Å². The van der Waals surface area contributed by atoms with Gasteiger partial charge in [0.25, 0.3) is 0 Å². The lowest BCUT2D eigenvalue weighted by molar-refractivity contribution is 0.100. The van der Waals surface area contributed by atoms with Crippen LogP contribution in [-0.4, -0.2) is 12.5 Å². The van der Waals surface area contributed by atoms with Crippen molar-refractivity contribution in [3.05, 3.63) is 53.2 Å². The van der Waals surface area contributed by atoms with Crippen LogP contribution in [0.15, 0.2) is 42.1 Å². The van der Waals surface area contributed by atoms with Crippen molar-refractivity contribution in [3.63, 3.8) is 0 Å². The summed E-state index contributed by atoms with van der Waals surface area (Å²) in [4.78, 5) is 10.9. The van der Waals surface area contributed by atoms with Crippen molar-refractivity contribution in [2.45, 2.75) is 6.92 Å². The van der Waals surface area contributed by atoms with Crippen LogP contribution in [0.3, 0.4) is 0 Å². The number of carbonyl (C=O) groups is 1. The Morgan fingerprint density at radius 2 is 2.00 bits per heavy atom. The molecule has 1 aliphatic rings. The molecular formula is C13H14N2O. The number of allylic oxidation sites excluding steroid dienone is 2. The molecule has 0 saturated heterocycles. The van der Waals surface area contributed by atoms with Gasteiger partial charge < -0.3 is 11.1 Å². The van der Waals surface area contributed by atoms with Gasteiger partial charge >= 0.3 is 0 Å². The molecule has 1 aromatic carbocycles. The first-order valence-electron chi connectivity index (χ1n) is 5.18. The number of dihydropyridines is 1. The Kier molecular flexibility index (Phi) is 2.77. The molecule has 0 radical (unpaired) electrons. The first-order valence-corrected chi connectivity index (χ1v) is 5.18. The molecule has 3 N–H and O–H groups in total. The number of hydrogen-bond donors (Lipinski definition) is 2. The lowest BCUT2D eigenvalue weighted by Crippen LogP contribution is -2.13. The van der Waals surface area contributed by atoms with Crippen LogP contribution in [0, 0.1) is 0 Å². The molecule has 1 aromatic rings. The third-order valence-corrected chi connectivity index (χ3v) is 2.54. The Labute approximate surface area is 94.7 Å². The molecule has 0 aliphatic carbocycles. The number of amides is 1. The zero-order valence-corrected chi connectivity index (χ0v) is 9.16. The molecule has 0 bridgehead atoms. The highest BCUT2D eigenvalue weighted by Crippen LogP contribution is 2.19. The molecule has 0 atom stereocenters. The Hall–Kier alpha value is -2.03. The molecule has 0 saturated carbocycles. The predicted octanol–water partition coefficient (Wildman–Crippen LogP) is 1.68. The van der Waals surface area contributed by atoms with Gasteiger partial charge in [-0.05, 0) is 30.2 Å². The predicted molar refractivity (Wildman–Crippen MR) is 64.7 cm³/mol. The van der Waals surface area contributed by atoms with E-state index in [1.165, 1.54) is 5.57 Å². The van der Waals surface area contributed by atoms with Gasteiger partial charge in [0, 0.05) is 18.3 Å². The smallest absolute Gasteiger partial charge is 0.248 e. The minimum Gasteiger partial charge on any atom is -0.387 e. The first-order chi connectivity index (χ1) is 7.66. The molecule has 1 aliphatic heterocycles. The van der Waals surface area contributed by atoms with Crippen molar-refractivity contribution in [1.29, 1.82) is 0 Å². The van der Waals surface area contributed by atoms with Crippen molar-refractivity contribution in [2.75, 3.05) is 6.54 Å². The van der Waals surface area contributed by atoms with Crippen molar-refractivity contribution >= 4 is 11.5 Å². The fraction of sp³-hybridized carbons (Fsp3) is 0.154. The van der Waals surface area contributed by atoms with E-state index in [-0.39, 0.29) is 0 Å². The maximum Gasteiger partial charge on any atom is 0.248 e. The largest absolute Gasteiger partial charge is 0.387 e. The lowest BCUT2D eigenvalue weighted by Gasteiger charge is -2.12. The van der Waals surface area contributed by atoms with E-state index in [1.807, 2.05) is 18.3 Å². The van der Waals surface area contributed by atoms with Gasteiger partial charge in [0.05, 0.1) is 0 Å². The van der Waals surface area contributed by atoms with Crippen LogP contribution in [0.2, 0.25) is 0 Å². The van der Waals surface area contributed by atoms with Crippen LogP contribution in [0.25, 0.3) is 5.57 Å². The summed E-state index contributed by atoms with van der Waals surface area (Å²) in [6.07, 6.45) is 4.11. The number of nitrogens with one attached hydrogen (secondary N) is 1. The average Bonchev–Trinajstić information content (AvgIpc) is 2.29. The normalized spacial score (nSPS) is 14.8. The summed E-state index contributed by atoms with van der Waals surface area (Å²) in [5, 5.41) is 3.20. The number of carbonyl (C=O) groups excluding carboxylic acids is 1. The highest BCUT2D eigenvalue weighted by molar-refractivity contribution is 5.93. The number of benzene rings is 1. The van der Waals surface area contributed by atoms with Crippen LogP contribution in [-0.2, 0) is 0 Å². The second-order valence-electron chi connectivity index (χ2n) is 3.91.